The smallest absolute Gasteiger partial charge is 0.206 e. The highest BCUT2D eigenvalue weighted by Crippen LogP contribution is 2.33. The lowest BCUT2D eigenvalue weighted by atomic mass is 9.96. The molecule has 0 aliphatic heterocycles. The van der Waals surface area contributed by atoms with Crippen molar-refractivity contribution in [3.63, 3.8) is 0 Å². The van der Waals surface area contributed by atoms with Crippen LogP contribution in [0.3, 0.4) is 0 Å². The van der Waals surface area contributed by atoms with Crippen molar-refractivity contribution >= 4 is 6.08 Å². The van der Waals surface area contributed by atoms with Crippen LogP contribution in [0.4, 0.5) is 30.7 Å². The van der Waals surface area contributed by atoms with Crippen LogP contribution in [0.1, 0.15) is 37.3 Å². The molecule has 0 saturated heterocycles. The zero-order chi connectivity index (χ0) is 24.2. The second kappa shape index (κ2) is 10.2. The van der Waals surface area contributed by atoms with Crippen molar-refractivity contribution in [2.24, 2.45) is 0 Å². The fraction of sp³-hybridized carbons (Fsp3) is 0.231. The second-order valence-corrected chi connectivity index (χ2v) is 7.70. The maximum Gasteiger partial charge on any atom is 0.409 e. The van der Waals surface area contributed by atoms with E-state index in [-0.39, 0.29) is 17.7 Å². The first kappa shape index (κ1) is 24.6. The van der Waals surface area contributed by atoms with Gasteiger partial charge in [0.1, 0.15) is 23.3 Å². The highest BCUT2D eigenvalue weighted by molar-refractivity contribution is 5.73. The molecule has 33 heavy (non-hydrogen) atoms. The summed E-state index contributed by atoms with van der Waals surface area (Å²) in [7, 11) is 0. The molecule has 0 aliphatic rings. The molecule has 0 radical (unpaired) electrons. The number of unbranched alkanes of at least 4 members (excludes halogenated alkanes) is 2. The van der Waals surface area contributed by atoms with E-state index in [0.717, 1.165) is 43.4 Å². The zero-order valence-electron chi connectivity index (χ0n) is 17.7. The van der Waals surface area contributed by atoms with Gasteiger partial charge in [-0.05, 0) is 65.4 Å². The second-order valence-electron chi connectivity index (χ2n) is 7.70. The summed E-state index contributed by atoms with van der Waals surface area (Å²) in [4.78, 5) is 0. The van der Waals surface area contributed by atoms with Crippen LogP contribution in [0, 0.1) is 23.3 Å². The van der Waals surface area contributed by atoms with Gasteiger partial charge in [-0.15, -0.1) is 0 Å². The van der Waals surface area contributed by atoms with Crippen molar-refractivity contribution in [1.82, 2.24) is 0 Å². The van der Waals surface area contributed by atoms with Crippen molar-refractivity contribution in [2.75, 3.05) is 0 Å². The molecule has 0 aromatic heterocycles. The summed E-state index contributed by atoms with van der Waals surface area (Å²) in [5.41, 5.74) is -0.146. The molecule has 0 atom stereocenters. The predicted octanol–water partition coefficient (Wildman–Crippen LogP) is 8.89. The molecule has 0 heterocycles. The Morgan fingerprint density at radius 2 is 1.24 bits per heavy atom. The van der Waals surface area contributed by atoms with Crippen LogP contribution in [-0.2, 0) is 6.42 Å². The molecule has 3 rings (SSSR count). The molecule has 0 N–H and O–H groups in total. The number of hydrogen-bond acceptors (Lipinski definition) is 0. The summed E-state index contributed by atoms with van der Waals surface area (Å²) < 4.78 is 94.9. The van der Waals surface area contributed by atoms with E-state index in [1.54, 1.807) is 12.1 Å². The number of alkyl halides is 3. The number of aryl methyl sites for hydroxylation is 1. The molecule has 3 aromatic carbocycles. The van der Waals surface area contributed by atoms with E-state index in [1.165, 1.54) is 0 Å². The largest absolute Gasteiger partial charge is 0.409 e. The SMILES string of the molecule is CCCCCc1ccc(-c2cc(F)c(-c3cc(F)c(/C=C/C(F)(F)F)c(F)c3)c(F)c2)cc1. The Bertz CT molecular complexity index is 1100. The summed E-state index contributed by atoms with van der Waals surface area (Å²) in [6, 6.07) is 10.6. The fourth-order valence-electron chi connectivity index (χ4n) is 3.52. The van der Waals surface area contributed by atoms with E-state index in [4.69, 9.17) is 0 Å². The van der Waals surface area contributed by atoms with Gasteiger partial charge in [0.2, 0.25) is 0 Å². The monoisotopic (exact) mass is 466 g/mol. The van der Waals surface area contributed by atoms with Crippen LogP contribution in [-0.4, -0.2) is 6.18 Å². The number of benzene rings is 3. The van der Waals surface area contributed by atoms with E-state index in [1.807, 2.05) is 12.1 Å². The average Bonchev–Trinajstić information content (AvgIpc) is 2.72. The number of halogens is 7. The molecule has 0 saturated carbocycles. The van der Waals surface area contributed by atoms with Crippen molar-refractivity contribution < 1.29 is 30.7 Å². The first-order valence-electron chi connectivity index (χ1n) is 10.4. The van der Waals surface area contributed by atoms with Crippen molar-refractivity contribution in [2.45, 2.75) is 38.8 Å². The topological polar surface area (TPSA) is 0 Å². The summed E-state index contributed by atoms with van der Waals surface area (Å²) >= 11 is 0. The Hall–Kier alpha value is -3.09. The molecule has 0 nitrogen and oxygen atoms in total. The Balaban J connectivity index is 1.91. The third kappa shape index (κ3) is 6.24. The van der Waals surface area contributed by atoms with Crippen LogP contribution < -0.4 is 0 Å². The Labute approximate surface area is 187 Å². The Morgan fingerprint density at radius 3 is 1.76 bits per heavy atom. The van der Waals surface area contributed by atoms with Gasteiger partial charge in [-0.25, -0.2) is 17.6 Å². The number of rotatable bonds is 7. The summed E-state index contributed by atoms with van der Waals surface area (Å²) in [5.74, 6) is -4.83. The Kier molecular flexibility index (Phi) is 7.61. The predicted molar refractivity (Wildman–Crippen MR) is 115 cm³/mol. The molecule has 0 aliphatic carbocycles. The molecular weight excluding hydrogens is 445 g/mol. The third-order valence-corrected chi connectivity index (χ3v) is 5.21. The first-order valence-corrected chi connectivity index (χ1v) is 10.4. The van der Waals surface area contributed by atoms with Crippen molar-refractivity contribution in [3.8, 4) is 22.3 Å². The molecule has 0 spiro atoms. The van der Waals surface area contributed by atoms with Crippen LogP contribution in [0.25, 0.3) is 28.3 Å². The lowest BCUT2D eigenvalue weighted by Crippen LogP contribution is -2.01. The molecule has 0 unspecified atom stereocenters. The van der Waals surface area contributed by atoms with E-state index >= 15 is 0 Å². The molecule has 3 aromatic rings. The normalized spacial score (nSPS) is 12.0. The van der Waals surface area contributed by atoms with E-state index in [2.05, 4.69) is 6.92 Å². The molecule has 0 amide bonds. The summed E-state index contributed by atoms with van der Waals surface area (Å²) in [5, 5.41) is 0. The van der Waals surface area contributed by atoms with E-state index in [9.17, 15) is 30.7 Å². The highest BCUT2D eigenvalue weighted by atomic mass is 19.4. The van der Waals surface area contributed by atoms with Gasteiger partial charge in [0.25, 0.3) is 0 Å². The van der Waals surface area contributed by atoms with Gasteiger partial charge in [-0.2, -0.15) is 13.2 Å². The maximum absolute atomic E-state index is 14.8. The summed E-state index contributed by atoms with van der Waals surface area (Å²) in [6.45, 7) is 2.11. The lowest BCUT2D eigenvalue weighted by molar-refractivity contribution is -0.0790. The molecule has 0 fully saturated rings. The molecule has 0 bridgehead atoms. The Morgan fingerprint density at radius 1 is 0.697 bits per heavy atom. The van der Waals surface area contributed by atoms with E-state index in [0.29, 0.717) is 17.7 Å². The molecule has 7 heteroatoms. The fourth-order valence-corrected chi connectivity index (χ4v) is 3.52. The standard InChI is InChI=1S/C26H21F7/c1-2-3-4-5-16-6-8-17(9-7-16)18-12-23(29)25(24(30)13-18)19-14-21(27)20(22(28)15-19)10-11-26(31,32)33/h6-15H,2-5H2,1H3/b11-10+. The van der Waals surface area contributed by atoms with Crippen LogP contribution in [0.15, 0.2) is 54.6 Å². The number of hydrogen-bond donors (Lipinski definition) is 0. The van der Waals surface area contributed by atoms with Gasteiger partial charge < -0.3 is 0 Å². The zero-order valence-corrected chi connectivity index (χ0v) is 17.7. The van der Waals surface area contributed by atoms with Gasteiger partial charge in [-0.3, -0.25) is 0 Å². The number of allylic oxidation sites excluding steroid dienone is 1. The van der Waals surface area contributed by atoms with Crippen LogP contribution >= 0.6 is 0 Å². The molecule has 174 valence electrons. The summed E-state index contributed by atoms with van der Waals surface area (Å²) in [6.07, 6.45) is -0.689. The van der Waals surface area contributed by atoms with Gasteiger partial charge in [-0.1, -0.05) is 44.0 Å². The molecular formula is C26H21F7. The maximum atomic E-state index is 14.8. The average molecular weight is 466 g/mol. The van der Waals surface area contributed by atoms with Crippen LogP contribution in [0.5, 0.6) is 0 Å². The van der Waals surface area contributed by atoms with Gasteiger partial charge in [0.05, 0.1) is 5.56 Å². The van der Waals surface area contributed by atoms with Crippen molar-refractivity contribution in [1.29, 1.82) is 0 Å². The lowest BCUT2D eigenvalue weighted by Gasteiger charge is -2.11. The minimum Gasteiger partial charge on any atom is -0.206 e. The first-order chi connectivity index (χ1) is 15.6. The quantitative estimate of drug-likeness (QED) is 0.241. The third-order valence-electron chi connectivity index (χ3n) is 5.21. The van der Waals surface area contributed by atoms with Gasteiger partial charge >= 0.3 is 6.18 Å². The minimum absolute atomic E-state index is 0.232. The minimum atomic E-state index is -4.76. The van der Waals surface area contributed by atoms with Gasteiger partial charge in [0.15, 0.2) is 0 Å². The van der Waals surface area contributed by atoms with Gasteiger partial charge in [0, 0.05) is 11.6 Å². The van der Waals surface area contributed by atoms with Crippen molar-refractivity contribution in [3.05, 3.63) is 89.0 Å². The highest BCUT2D eigenvalue weighted by Gasteiger charge is 2.23. The van der Waals surface area contributed by atoms with E-state index < -0.39 is 46.1 Å². The van der Waals surface area contributed by atoms with Crippen LogP contribution in [0.2, 0.25) is 0 Å².